The molecule has 0 aliphatic rings. The van der Waals surface area contributed by atoms with Crippen molar-refractivity contribution in [3.63, 3.8) is 0 Å². The average molecular weight is 295 g/mol. The summed E-state index contributed by atoms with van der Waals surface area (Å²) in [6.07, 6.45) is 1.35. The molecule has 0 spiro atoms. The summed E-state index contributed by atoms with van der Waals surface area (Å²) in [5.74, 6) is 1.53. The van der Waals surface area contributed by atoms with E-state index in [-0.39, 0.29) is 6.10 Å². The van der Waals surface area contributed by atoms with Crippen LogP contribution in [-0.2, 0) is 4.74 Å². The zero-order valence-corrected chi connectivity index (χ0v) is 13.9. The van der Waals surface area contributed by atoms with E-state index in [1.165, 1.54) is 5.56 Å². The highest BCUT2D eigenvalue weighted by atomic mass is 16.5. The lowest BCUT2D eigenvalue weighted by Gasteiger charge is -2.17. The largest absolute Gasteiger partial charge is 0.493 e. The van der Waals surface area contributed by atoms with E-state index in [9.17, 15) is 0 Å². The van der Waals surface area contributed by atoms with Gasteiger partial charge in [-0.1, -0.05) is 13.0 Å². The maximum absolute atomic E-state index is 5.72. The topological polar surface area (TPSA) is 39.7 Å². The molecule has 21 heavy (non-hydrogen) atoms. The second-order valence-corrected chi connectivity index (χ2v) is 5.35. The van der Waals surface area contributed by atoms with E-state index in [1.54, 1.807) is 7.11 Å². The van der Waals surface area contributed by atoms with Crippen LogP contribution in [0.25, 0.3) is 0 Å². The molecule has 1 unspecified atom stereocenters. The molecule has 1 rings (SSSR count). The van der Waals surface area contributed by atoms with Crippen molar-refractivity contribution >= 4 is 0 Å². The minimum absolute atomic E-state index is 0.225. The van der Waals surface area contributed by atoms with Crippen LogP contribution in [0.3, 0.4) is 0 Å². The molecule has 0 radical (unpaired) electrons. The van der Waals surface area contributed by atoms with Crippen molar-refractivity contribution in [2.24, 2.45) is 0 Å². The van der Waals surface area contributed by atoms with Crippen LogP contribution in [0.1, 0.15) is 45.7 Å². The molecule has 0 amide bonds. The Morgan fingerprint density at radius 2 is 1.86 bits per heavy atom. The Labute approximate surface area is 128 Å². The molecule has 1 aromatic carbocycles. The number of hydrogen-bond donors (Lipinski definition) is 1. The van der Waals surface area contributed by atoms with Crippen molar-refractivity contribution in [3.8, 4) is 11.5 Å². The Balaban J connectivity index is 2.61. The molecule has 1 atom stereocenters. The zero-order chi connectivity index (χ0) is 15.7. The predicted molar refractivity (Wildman–Crippen MR) is 86.3 cm³/mol. The van der Waals surface area contributed by atoms with Crippen LogP contribution in [-0.4, -0.2) is 33.0 Å². The average Bonchev–Trinajstić information content (AvgIpc) is 2.48. The standard InChI is InChI=1S/C17H29NO3/c1-6-9-18-14(4)15-7-8-16(17(12-15)19-5)21-11-10-20-13(2)3/h7-8,12-14,18H,6,9-11H2,1-5H3. The predicted octanol–water partition coefficient (Wildman–Crippen LogP) is 3.56. The lowest BCUT2D eigenvalue weighted by atomic mass is 10.1. The molecule has 0 aliphatic heterocycles. The van der Waals surface area contributed by atoms with Gasteiger partial charge in [0.15, 0.2) is 11.5 Å². The first-order chi connectivity index (χ1) is 10.1. The molecule has 0 fully saturated rings. The van der Waals surface area contributed by atoms with Crippen molar-refractivity contribution in [1.29, 1.82) is 0 Å². The van der Waals surface area contributed by atoms with E-state index in [0.29, 0.717) is 19.3 Å². The first kappa shape index (κ1) is 17.8. The van der Waals surface area contributed by atoms with Crippen LogP contribution in [0.5, 0.6) is 11.5 Å². The maximum Gasteiger partial charge on any atom is 0.161 e. The summed E-state index contributed by atoms with van der Waals surface area (Å²) >= 11 is 0. The fourth-order valence-corrected chi connectivity index (χ4v) is 1.99. The van der Waals surface area contributed by atoms with Gasteiger partial charge in [0, 0.05) is 6.04 Å². The van der Waals surface area contributed by atoms with Crippen molar-refractivity contribution < 1.29 is 14.2 Å². The quantitative estimate of drug-likeness (QED) is 0.670. The Kier molecular flexibility index (Phi) is 8.16. The molecule has 1 N–H and O–H groups in total. The Bertz CT molecular complexity index is 407. The van der Waals surface area contributed by atoms with Gasteiger partial charge in [0.05, 0.1) is 19.8 Å². The fourth-order valence-electron chi connectivity index (χ4n) is 1.99. The third-order valence-electron chi connectivity index (χ3n) is 3.18. The monoisotopic (exact) mass is 295 g/mol. The van der Waals surface area contributed by atoms with Gasteiger partial charge in [-0.2, -0.15) is 0 Å². The molecular formula is C17H29NO3. The molecule has 0 aliphatic carbocycles. The number of hydrogen-bond acceptors (Lipinski definition) is 4. The molecule has 0 aromatic heterocycles. The minimum atomic E-state index is 0.225. The van der Waals surface area contributed by atoms with Crippen molar-refractivity contribution in [1.82, 2.24) is 5.32 Å². The van der Waals surface area contributed by atoms with E-state index >= 15 is 0 Å². The summed E-state index contributed by atoms with van der Waals surface area (Å²) in [4.78, 5) is 0. The highest BCUT2D eigenvalue weighted by Gasteiger charge is 2.10. The summed E-state index contributed by atoms with van der Waals surface area (Å²) in [7, 11) is 1.67. The van der Waals surface area contributed by atoms with Crippen molar-refractivity contribution in [3.05, 3.63) is 23.8 Å². The lowest BCUT2D eigenvalue weighted by molar-refractivity contribution is 0.0547. The van der Waals surface area contributed by atoms with E-state index in [1.807, 2.05) is 26.0 Å². The van der Waals surface area contributed by atoms with Gasteiger partial charge in [-0.25, -0.2) is 0 Å². The second-order valence-electron chi connectivity index (χ2n) is 5.35. The molecule has 0 saturated carbocycles. The van der Waals surface area contributed by atoms with Crippen LogP contribution in [0, 0.1) is 0 Å². The number of methoxy groups -OCH3 is 1. The number of benzene rings is 1. The second kappa shape index (κ2) is 9.64. The van der Waals surface area contributed by atoms with E-state index < -0.39 is 0 Å². The lowest BCUT2D eigenvalue weighted by Crippen LogP contribution is -2.19. The van der Waals surface area contributed by atoms with Gasteiger partial charge in [0.2, 0.25) is 0 Å². The molecular weight excluding hydrogens is 266 g/mol. The van der Waals surface area contributed by atoms with Gasteiger partial charge < -0.3 is 19.5 Å². The highest BCUT2D eigenvalue weighted by Crippen LogP contribution is 2.30. The normalized spacial score (nSPS) is 12.5. The number of nitrogens with one attached hydrogen (secondary N) is 1. The number of rotatable bonds is 10. The SMILES string of the molecule is CCCNC(C)c1ccc(OCCOC(C)C)c(OC)c1. The molecule has 0 saturated heterocycles. The first-order valence-electron chi connectivity index (χ1n) is 7.74. The van der Waals surface area contributed by atoms with Crippen LogP contribution >= 0.6 is 0 Å². The summed E-state index contributed by atoms with van der Waals surface area (Å²) in [5, 5.41) is 3.47. The van der Waals surface area contributed by atoms with Gasteiger partial charge in [0.25, 0.3) is 0 Å². The van der Waals surface area contributed by atoms with E-state index in [4.69, 9.17) is 14.2 Å². The van der Waals surface area contributed by atoms with Gasteiger partial charge in [0.1, 0.15) is 6.61 Å². The molecule has 4 heteroatoms. The summed E-state index contributed by atoms with van der Waals surface area (Å²) < 4.78 is 16.6. The number of ether oxygens (including phenoxy) is 3. The first-order valence-corrected chi connectivity index (χ1v) is 7.74. The molecule has 1 aromatic rings. The van der Waals surface area contributed by atoms with Crippen molar-refractivity contribution in [2.75, 3.05) is 26.9 Å². The molecule has 0 bridgehead atoms. The molecule has 120 valence electrons. The van der Waals surface area contributed by atoms with Gasteiger partial charge >= 0.3 is 0 Å². The summed E-state index contributed by atoms with van der Waals surface area (Å²) in [5.41, 5.74) is 1.20. The minimum Gasteiger partial charge on any atom is -0.493 e. The Morgan fingerprint density at radius 3 is 2.48 bits per heavy atom. The van der Waals surface area contributed by atoms with Gasteiger partial charge in [-0.15, -0.1) is 0 Å². The zero-order valence-electron chi connectivity index (χ0n) is 13.9. The van der Waals surface area contributed by atoms with Gasteiger partial charge in [-0.05, 0) is 51.4 Å². The summed E-state index contributed by atoms with van der Waals surface area (Å²) in [6, 6.07) is 6.38. The van der Waals surface area contributed by atoms with Crippen LogP contribution < -0.4 is 14.8 Å². The maximum atomic E-state index is 5.72. The Hall–Kier alpha value is -1.26. The highest BCUT2D eigenvalue weighted by molar-refractivity contribution is 5.43. The molecule has 0 heterocycles. The van der Waals surface area contributed by atoms with Crippen LogP contribution in [0.15, 0.2) is 18.2 Å². The van der Waals surface area contributed by atoms with Crippen LogP contribution in [0.2, 0.25) is 0 Å². The third-order valence-corrected chi connectivity index (χ3v) is 3.18. The van der Waals surface area contributed by atoms with E-state index in [2.05, 4.69) is 25.2 Å². The third kappa shape index (κ3) is 6.36. The van der Waals surface area contributed by atoms with Crippen molar-refractivity contribution in [2.45, 2.75) is 46.3 Å². The Morgan fingerprint density at radius 1 is 1.10 bits per heavy atom. The van der Waals surface area contributed by atoms with E-state index in [0.717, 1.165) is 24.5 Å². The smallest absolute Gasteiger partial charge is 0.161 e. The fraction of sp³-hybridized carbons (Fsp3) is 0.647. The van der Waals surface area contributed by atoms with Crippen LogP contribution in [0.4, 0.5) is 0 Å². The summed E-state index contributed by atoms with van der Waals surface area (Å²) in [6.45, 7) is 10.5. The molecule has 4 nitrogen and oxygen atoms in total. The van der Waals surface area contributed by atoms with Gasteiger partial charge in [-0.3, -0.25) is 0 Å².